The van der Waals surface area contributed by atoms with E-state index in [1.54, 1.807) is 37.5 Å². The number of benzene rings is 1. The van der Waals surface area contributed by atoms with Crippen LogP contribution < -0.4 is 5.32 Å². The van der Waals surface area contributed by atoms with Crippen molar-refractivity contribution in [2.24, 2.45) is 0 Å². The maximum Gasteiger partial charge on any atom is 0.336 e. The largest absolute Gasteiger partial charge is 0.478 e. The Morgan fingerprint density at radius 3 is 2.47 bits per heavy atom. The quantitative estimate of drug-likeness (QED) is 0.411. The molecule has 0 aliphatic heterocycles. The summed E-state index contributed by atoms with van der Waals surface area (Å²) in [6.45, 7) is 0. The molecule has 1 rings (SSSR count). The van der Waals surface area contributed by atoms with Gasteiger partial charge in [0, 0.05) is 25.0 Å². The molecule has 1 aromatic rings. The Morgan fingerprint density at radius 1 is 1.35 bits per heavy atom. The van der Waals surface area contributed by atoms with Gasteiger partial charge in [0.2, 0.25) is 0 Å². The van der Waals surface area contributed by atoms with Gasteiger partial charge in [-0.2, -0.15) is 0 Å². The first-order valence-corrected chi connectivity index (χ1v) is 5.07. The van der Waals surface area contributed by atoms with Crippen LogP contribution in [-0.2, 0) is 4.79 Å². The predicted octanol–water partition coefficient (Wildman–Crippen LogP) is 1.91. The minimum atomic E-state index is -1.01. The van der Waals surface area contributed by atoms with Crippen molar-refractivity contribution in [1.82, 2.24) is 5.32 Å². The molecule has 0 heterocycles. The lowest BCUT2D eigenvalue weighted by atomic mass is 10.0. The summed E-state index contributed by atoms with van der Waals surface area (Å²) < 4.78 is 0. The van der Waals surface area contributed by atoms with Crippen molar-refractivity contribution in [2.75, 3.05) is 7.05 Å². The molecule has 0 atom stereocenters. The highest BCUT2D eigenvalue weighted by atomic mass is 16.4. The maximum atomic E-state index is 11.2. The van der Waals surface area contributed by atoms with Crippen LogP contribution in [0.5, 0.6) is 0 Å². The lowest BCUT2D eigenvalue weighted by Gasteiger charge is -2.03. The predicted molar refractivity (Wildman–Crippen MR) is 68.0 cm³/mol. The van der Waals surface area contributed by atoms with Crippen molar-refractivity contribution in [2.45, 2.75) is 0 Å². The zero-order valence-electron chi connectivity index (χ0n) is 9.47. The van der Waals surface area contributed by atoms with Crippen LogP contribution in [0, 0.1) is 5.41 Å². The topological polar surface area (TPSA) is 73.2 Å². The summed E-state index contributed by atoms with van der Waals surface area (Å²) in [7, 11) is 1.69. The van der Waals surface area contributed by atoms with Gasteiger partial charge in [-0.25, -0.2) is 4.79 Å². The highest BCUT2D eigenvalue weighted by molar-refractivity contribution is 6.16. The molecule has 0 bridgehead atoms. The minimum Gasteiger partial charge on any atom is -0.478 e. The number of hydrogen-bond acceptors (Lipinski definition) is 3. The van der Waals surface area contributed by atoms with E-state index in [1.807, 2.05) is 6.07 Å². The van der Waals surface area contributed by atoms with Crippen molar-refractivity contribution < 1.29 is 9.90 Å². The first-order valence-electron chi connectivity index (χ1n) is 5.07. The number of carboxylic acids is 1. The lowest BCUT2D eigenvalue weighted by Crippen LogP contribution is -2.02. The standard InChI is InChI=1S/C13H14N2O2/c1-15-9-10(8-14)7-12(13(16)17)11-5-3-2-4-6-11/h2-9,14-15H,1H3,(H,16,17)/b10-9-,12-7+,14-8?. The molecule has 1 aromatic carbocycles. The Bertz CT molecular complexity index is 462. The van der Waals surface area contributed by atoms with E-state index in [0.29, 0.717) is 11.1 Å². The van der Waals surface area contributed by atoms with E-state index in [4.69, 9.17) is 10.5 Å². The van der Waals surface area contributed by atoms with Gasteiger partial charge in [-0.15, -0.1) is 0 Å². The van der Waals surface area contributed by atoms with Gasteiger partial charge in [-0.05, 0) is 11.6 Å². The molecule has 0 aliphatic rings. The van der Waals surface area contributed by atoms with Crippen molar-refractivity contribution in [3.63, 3.8) is 0 Å². The number of allylic oxidation sites excluding steroid dienone is 2. The van der Waals surface area contributed by atoms with E-state index in [2.05, 4.69) is 5.32 Å². The van der Waals surface area contributed by atoms with Gasteiger partial charge in [-0.3, -0.25) is 0 Å². The molecule has 88 valence electrons. The molecule has 0 amide bonds. The minimum absolute atomic E-state index is 0.163. The highest BCUT2D eigenvalue weighted by Gasteiger charge is 2.09. The van der Waals surface area contributed by atoms with Gasteiger partial charge < -0.3 is 15.8 Å². The van der Waals surface area contributed by atoms with Crippen LogP contribution in [0.25, 0.3) is 5.57 Å². The van der Waals surface area contributed by atoms with E-state index in [-0.39, 0.29) is 5.57 Å². The fraction of sp³-hybridized carbons (Fsp3) is 0.0769. The molecule has 4 heteroatoms. The molecule has 0 fully saturated rings. The molecule has 0 spiro atoms. The van der Waals surface area contributed by atoms with E-state index in [1.165, 1.54) is 6.08 Å². The van der Waals surface area contributed by atoms with E-state index in [9.17, 15) is 4.79 Å². The summed E-state index contributed by atoms with van der Waals surface area (Å²) in [5, 5.41) is 19.1. The van der Waals surface area contributed by atoms with Gasteiger partial charge >= 0.3 is 5.97 Å². The van der Waals surface area contributed by atoms with Crippen LogP contribution in [0.1, 0.15) is 5.56 Å². The lowest BCUT2D eigenvalue weighted by molar-refractivity contribution is -0.130. The van der Waals surface area contributed by atoms with Crippen molar-refractivity contribution >= 4 is 17.8 Å². The molecule has 17 heavy (non-hydrogen) atoms. The molecule has 3 N–H and O–H groups in total. The van der Waals surface area contributed by atoms with Crippen LogP contribution in [-0.4, -0.2) is 24.3 Å². The normalized spacial score (nSPS) is 12.1. The first kappa shape index (κ1) is 12.7. The average molecular weight is 230 g/mol. The van der Waals surface area contributed by atoms with Gasteiger partial charge in [0.25, 0.3) is 0 Å². The monoisotopic (exact) mass is 230 g/mol. The average Bonchev–Trinajstić information content (AvgIpc) is 2.35. The third-order valence-electron chi connectivity index (χ3n) is 2.10. The van der Waals surface area contributed by atoms with Crippen molar-refractivity contribution in [1.29, 1.82) is 5.41 Å². The van der Waals surface area contributed by atoms with Crippen LogP contribution >= 0.6 is 0 Å². The van der Waals surface area contributed by atoms with Crippen LogP contribution in [0.15, 0.2) is 48.2 Å². The fourth-order valence-corrected chi connectivity index (χ4v) is 1.34. The molecule has 0 aromatic heterocycles. The first-order chi connectivity index (χ1) is 8.19. The van der Waals surface area contributed by atoms with Crippen molar-refractivity contribution in [3.05, 3.63) is 53.7 Å². The van der Waals surface area contributed by atoms with Gasteiger partial charge in [0.15, 0.2) is 0 Å². The van der Waals surface area contributed by atoms with Gasteiger partial charge in [0.1, 0.15) is 0 Å². The molecule has 0 radical (unpaired) electrons. The number of nitrogens with one attached hydrogen (secondary N) is 2. The van der Waals surface area contributed by atoms with Crippen LogP contribution in [0.2, 0.25) is 0 Å². The molecule has 4 nitrogen and oxygen atoms in total. The SMILES string of the molecule is CN/C=C(C=N)/C=C(/C(=O)O)c1ccccc1. The van der Waals surface area contributed by atoms with Crippen molar-refractivity contribution in [3.8, 4) is 0 Å². The zero-order valence-corrected chi connectivity index (χ0v) is 9.47. The van der Waals surface area contributed by atoms with Gasteiger partial charge in [-0.1, -0.05) is 30.3 Å². The number of aliphatic carboxylic acids is 1. The van der Waals surface area contributed by atoms with Gasteiger partial charge in [0.05, 0.1) is 5.57 Å². The number of carbonyl (C=O) groups is 1. The Balaban J connectivity index is 3.19. The summed E-state index contributed by atoms with van der Waals surface area (Å²) in [5.74, 6) is -1.01. The third kappa shape index (κ3) is 3.61. The molecule has 0 unspecified atom stereocenters. The Morgan fingerprint density at radius 2 is 2.00 bits per heavy atom. The summed E-state index contributed by atoms with van der Waals surface area (Å²) in [6.07, 6.45) is 4.13. The zero-order chi connectivity index (χ0) is 12.7. The van der Waals surface area contributed by atoms with Crippen LogP contribution in [0.4, 0.5) is 0 Å². The van der Waals surface area contributed by atoms with E-state index >= 15 is 0 Å². The Labute approximate surface area is 99.8 Å². The molecule has 0 aliphatic carbocycles. The molecule has 0 saturated heterocycles. The maximum absolute atomic E-state index is 11.2. The number of hydrogen-bond donors (Lipinski definition) is 3. The summed E-state index contributed by atoms with van der Waals surface area (Å²) in [5.41, 5.74) is 1.27. The highest BCUT2D eigenvalue weighted by Crippen LogP contribution is 2.16. The Hall–Kier alpha value is -2.36. The number of rotatable bonds is 5. The fourth-order valence-electron chi connectivity index (χ4n) is 1.34. The van der Waals surface area contributed by atoms with Crippen LogP contribution in [0.3, 0.4) is 0 Å². The van der Waals surface area contributed by atoms with E-state index < -0.39 is 5.97 Å². The molecular formula is C13H14N2O2. The van der Waals surface area contributed by atoms with E-state index in [0.717, 1.165) is 6.21 Å². The summed E-state index contributed by atoms with van der Waals surface area (Å²) >= 11 is 0. The Kier molecular flexibility index (Phi) is 4.69. The smallest absolute Gasteiger partial charge is 0.336 e. The molecule has 0 saturated carbocycles. The summed E-state index contributed by atoms with van der Waals surface area (Å²) in [6, 6.07) is 8.82. The second kappa shape index (κ2) is 6.27. The molecular weight excluding hydrogens is 216 g/mol. The second-order valence-corrected chi connectivity index (χ2v) is 3.31. The third-order valence-corrected chi connectivity index (χ3v) is 2.10. The summed E-state index contributed by atoms with van der Waals surface area (Å²) in [4.78, 5) is 11.2. The number of carboxylic acid groups (broad SMARTS) is 1. The second-order valence-electron chi connectivity index (χ2n) is 3.31.